The zero-order valence-electron chi connectivity index (χ0n) is 10.7. The van der Waals surface area contributed by atoms with Crippen molar-refractivity contribution in [1.29, 1.82) is 0 Å². The monoisotopic (exact) mass is 316 g/mol. The highest BCUT2D eigenvalue weighted by molar-refractivity contribution is 6.18. The van der Waals surface area contributed by atoms with Crippen molar-refractivity contribution < 1.29 is 13.6 Å². The second kappa shape index (κ2) is 6.93. The maximum atomic E-state index is 13.2. The fourth-order valence-electron chi connectivity index (χ4n) is 1.52. The van der Waals surface area contributed by atoms with Crippen LogP contribution in [0.1, 0.15) is 5.82 Å². The van der Waals surface area contributed by atoms with Gasteiger partial charge in [-0.1, -0.05) is 0 Å². The summed E-state index contributed by atoms with van der Waals surface area (Å²) in [6.07, 6.45) is 0. The minimum Gasteiger partial charge on any atom is -0.337 e. The number of amides is 2. The van der Waals surface area contributed by atoms with Gasteiger partial charge in [0.2, 0.25) is 0 Å². The Balaban J connectivity index is 2.08. The minimum absolute atomic E-state index is 0.0140. The molecule has 10 heteroatoms. The first-order valence-electron chi connectivity index (χ1n) is 5.92. The first-order valence-corrected chi connectivity index (χ1v) is 6.45. The number of carbonyl (C=O) groups excluding carboxylic acids is 1. The number of tetrazole rings is 1. The first kappa shape index (κ1) is 15.1. The molecule has 2 amide bonds. The fraction of sp³-hybridized carbons (Fsp3) is 0.273. The van der Waals surface area contributed by atoms with Crippen LogP contribution in [-0.2, 0) is 6.54 Å². The van der Waals surface area contributed by atoms with Crippen molar-refractivity contribution in [3.05, 3.63) is 35.7 Å². The van der Waals surface area contributed by atoms with Gasteiger partial charge in [-0.2, -0.15) is 4.68 Å². The predicted molar refractivity (Wildman–Crippen MR) is 70.0 cm³/mol. The van der Waals surface area contributed by atoms with Crippen LogP contribution in [0.4, 0.5) is 13.6 Å². The van der Waals surface area contributed by atoms with Crippen LogP contribution in [0.15, 0.2) is 18.2 Å². The van der Waals surface area contributed by atoms with E-state index in [-0.39, 0.29) is 18.1 Å². The summed E-state index contributed by atoms with van der Waals surface area (Å²) in [4.78, 5) is 11.4. The Morgan fingerprint density at radius 1 is 1.29 bits per heavy atom. The zero-order valence-corrected chi connectivity index (χ0v) is 11.4. The highest BCUT2D eigenvalue weighted by atomic mass is 35.5. The van der Waals surface area contributed by atoms with Crippen molar-refractivity contribution in [2.75, 3.05) is 12.4 Å². The van der Waals surface area contributed by atoms with Gasteiger partial charge >= 0.3 is 6.03 Å². The highest BCUT2D eigenvalue weighted by Crippen LogP contribution is 2.12. The third kappa shape index (κ3) is 3.85. The Morgan fingerprint density at radius 2 is 2.10 bits per heavy atom. The number of urea groups is 1. The molecule has 2 aromatic rings. The average molecular weight is 317 g/mol. The Bertz CT molecular complexity index is 635. The standard InChI is InChI=1S/C11H11ClF2N6O/c12-3-4-15-11(21)16-6-10-17-18-19-20(10)7-1-2-8(13)9(14)5-7/h1-2,5H,3-4,6H2,(H2,15,16,21). The summed E-state index contributed by atoms with van der Waals surface area (Å²) in [5.41, 5.74) is 0.247. The lowest BCUT2D eigenvalue weighted by Gasteiger charge is -2.07. The molecule has 0 aliphatic rings. The highest BCUT2D eigenvalue weighted by Gasteiger charge is 2.11. The molecule has 1 aromatic heterocycles. The third-order valence-corrected chi connectivity index (χ3v) is 2.66. The van der Waals surface area contributed by atoms with Crippen molar-refractivity contribution in [2.45, 2.75) is 6.54 Å². The molecule has 0 atom stereocenters. The van der Waals surface area contributed by atoms with Gasteiger partial charge in [0, 0.05) is 18.5 Å². The Hall–Kier alpha value is -2.29. The van der Waals surface area contributed by atoms with Crippen molar-refractivity contribution in [3.8, 4) is 5.69 Å². The van der Waals surface area contributed by atoms with Crippen LogP contribution in [0, 0.1) is 11.6 Å². The summed E-state index contributed by atoms with van der Waals surface area (Å²) < 4.78 is 27.3. The third-order valence-electron chi connectivity index (χ3n) is 2.47. The lowest BCUT2D eigenvalue weighted by Crippen LogP contribution is -2.36. The normalized spacial score (nSPS) is 10.4. The maximum Gasteiger partial charge on any atom is 0.315 e. The van der Waals surface area contributed by atoms with Crippen LogP contribution < -0.4 is 10.6 Å². The topological polar surface area (TPSA) is 84.7 Å². The van der Waals surface area contributed by atoms with Gasteiger partial charge in [0.1, 0.15) is 0 Å². The molecule has 1 heterocycles. The van der Waals surface area contributed by atoms with Crippen LogP contribution in [0.25, 0.3) is 5.69 Å². The number of nitrogens with zero attached hydrogens (tertiary/aromatic N) is 4. The molecule has 0 bridgehead atoms. The maximum absolute atomic E-state index is 13.2. The van der Waals surface area contributed by atoms with Crippen LogP contribution in [0.2, 0.25) is 0 Å². The lowest BCUT2D eigenvalue weighted by atomic mass is 10.3. The Morgan fingerprint density at radius 3 is 2.81 bits per heavy atom. The average Bonchev–Trinajstić information content (AvgIpc) is 2.94. The molecule has 0 spiro atoms. The minimum atomic E-state index is -1.01. The number of rotatable bonds is 5. The van der Waals surface area contributed by atoms with Gasteiger partial charge in [0.05, 0.1) is 12.2 Å². The van der Waals surface area contributed by atoms with Crippen LogP contribution in [-0.4, -0.2) is 38.7 Å². The summed E-state index contributed by atoms with van der Waals surface area (Å²) in [6, 6.07) is 2.82. The van der Waals surface area contributed by atoms with E-state index >= 15 is 0 Å². The quantitative estimate of drug-likeness (QED) is 0.805. The van der Waals surface area contributed by atoms with E-state index in [0.29, 0.717) is 12.4 Å². The molecule has 0 radical (unpaired) electrons. The Labute approximate surface area is 123 Å². The number of hydrogen-bond acceptors (Lipinski definition) is 4. The molecule has 0 aliphatic carbocycles. The number of alkyl halides is 1. The van der Waals surface area contributed by atoms with Crippen LogP contribution >= 0.6 is 11.6 Å². The summed E-state index contributed by atoms with van der Waals surface area (Å²) in [6.45, 7) is 0.335. The smallest absolute Gasteiger partial charge is 0.315 e. The summed E-state index contributed by atoms with van der Waals surface area (Å²) in [7, 11) is 0. The fourth-order valence-corrected chi connectivity index (χ4v) is 1.61. The molecule has 0 aliphatic heterocycles. The molecule has 7 nitrogen and oxygen atoms in total. The molecule has 21 heavy (non-hydrogen) atoms. The predicted octanol–water partition coefficient (Wildman–Crippen LogP) is 0.978. The van der Waals surface area contributed by atoms with E-state index in [1.54, 1.807) is 0 Å². The molecule has 0 saturated heterocycles. The van der Waals surface area contributed by atoms with E-state index in [2.05, 4.69) is 26.2 Å². The number of carbonyl (C=O) groups is 1. The summed E-state index contributed by atoms with van der Waals surface area (Å²) >= 11 is 5.43. The van der Waals surface area contributed by atoms with Crippen molar-refractivity contribution in [3.63, 3.8) is 0 Å². The van der Waals surface area contributed by atoms with Crippen molar-refractivity contribution in [1.82, 2.24) is 30.8 Å². The molecule has 2 N–H and O–H groups in total. The molecule has 1 aromatic carbocycles. The van der Waals surface area contributed by atoms with Gasteiger partial charge in [-0.3, -0.25) is 0 Å². The number of halogens is 3. The SMILES string of the molecule is O=C(NCCCl)NCc1nnnn1-c1ccc(F)c(F)c1. The van der Waals surface area contributed by atoms with Gasteiger partial charge in [-0.05, 0) is 22.6 Å². The van der Waals surface area contributed by atoms with E-state index in [4.69, 9.17) is 11.6 Å². The molecule has 112 valence electrons. The van der Waals surface area contributed by atoms with E-state index < -0.39 is 17.7 Å². The van der Waals surface area contributed by atoms with E-state index in [9.17, 15) is 13.6 Å². The molecule has 0 saturated carbocycles. The second-order valence-corrected chi connectivity index (χ2v) is 4.28. The lowest BCUT2D eigenvalue weighted by molar-refractivity contribution is 0.240. The number of benzene rings is 1. The van der Waals surface area contributed by atoms with E-state index in [1.165, 1.54) is 10.7 Å². The van der Waals surface area contributed by atoms with E-state index in [0.717, 1.165) is 12.1 Å². The molecule has 0 fully saturated rings. The van der Waals surface area contributed by atoms with Gasteiger partial charge in [-0.25, -0.2) is 13.6 Å². The van der Waals surface area contributed by atoms with Gasteiger partial charge < -0.3 is 10.6 Å². The van der Waals surface area contributed by atoms with E-state index in [1.807, 2.05) is 0 Å². The first-order chi connectivity index (χ1) is 10.1. The summed E-state index contributed by atoms with van der Waals surface area (Å²) in [5.74, 6) is -1.42. The van der Waals surface area contributed by atoms with Gasteiger partial charge in [0.15, 0.2) is 17.5 Å². The molecule has 2 rings (SSSR count). The molecular formula is C11H11ClF2N6O. The number of nitrogens with one attached hydrogen (secondary N) is 2. The van der Waals surface area contributed by atoms with Crippen molar-refractivity contribution in [2.24, 2.45) is 0 Å². The zero-order chi connectivity index (χ0) is 15.2. The number of hydrogen-bond donors (Lipinski definition) is 2. The number of aromatic nitrogens is 4. The largest absolute Gasteiger partial charge is 0.337 e. The molecular weight excluding hydrogens is 306 g/mol. The Kier molecular flexibility index (Phi) is 4.99. The van der Waals surface area contributed by atoms with Crippen LogP contribution in [0.5, 0.6) is 0 Å². The molecule has 0 unspecified atom stereocenters. The summed E-state index contributed by atoms with van der Waals surface area (Å²) in [5, 5.41) is 15.8. The van der Waals surface area contributed by atoms with Crippen molar-refractivity contribution >= 4 is 17.6 Å². The van der Waals surface area contributed by atoms with Crippen LogP contribution in [0.3, 0.4) is 0 Å². The van der Waals surface area contributed by atoms with Gasteiger partial charge in [0.25, 0.3) is 0 Å². The van der Waals surface area contributed by atoms with Gasteiger partial charge in [-0.15, -0.1) is 16.7 Å². The second-order valence-electron chi connectivity index (χ2n) is 3.90.